The lowest BCUT2D eigenvalue weighted by molar-refractivity contribution is -0.138. The molecule has 1 saturated heterocycles. The fourth-order valence-corrected chi connectivity index (χ4v) is 3.35. The number of aryl methyl sites for hydroxylation is 1. The number of furan rings is 1. The second-order valence-corrected chi connectivity index (χ2v) is 6.91. The van der Waals surface area contributed by atoms with Crippen LogP contribution < -0.4 is 10.1 Å². The van der Waals surface area contributed by atoms with Gasteiger partial charge in [-0.15, -0.1) is 0 Å². The monoisotopic (exact) mass is 370 g/mol. The summed E-state index contributed by atoms with van der Waals surface area (Å²) in [6, 6.07) is 11.5. The van der Waals surface area contributed by atoms with Crippen LogP contribution in [0, 0.1) is 12.8 Å². The highest BCUT2D eigenvalue weighted by atomic mass is 16.5. The number of ether oxygens (including phenoxy) is 1. The molecule has 1 aliphatic rings. The second kappa shape index (κ2) is 8.75. The molecule has 27 heavy (non-hydrogen) atoms. The average Bonchev–Trinajstić information content (AvgIpc) is 3.08. The molecule has 2 heterocycles. The molecule has 0 spiro atoms. The largest absolute Gasteiger partial charge is 0.497 e. The first-order valence-corrected chi connectivity index (χ1v) is 9.29. The van der Waals surface area contributed by atoms with Gasteiger partial charge in [0.1, 0.15) is 17.3 Å². The van der Waals surface area contributed by atoms with Crippen molar-refractivity contribution < 1.29 is 18.7 Å². The third-order valence-electron chi connectivity index (χ3n) is 4.85. The van der Waals surface area contributed by atoms with Gasteiger partial charge in [-0.2, -0.15) is 0 Å². The zero-order chi connectivity index (χ0) is 19.2. The lowest BCUT2D eigenvalue weighted by Gasteiger charge is -2.32. The van der Waals surface area contributed by atoms with Crippen LogP contribution in [0.4, 0.5) is 0 Å². The molecule has 1 atom stereocenters. The summed E-state index contributed by atoms with van der Waals surface area (Å²) in [5, 5.41) is 2.97. The van der Waals surface area contributed by atoms with Crippen molar-refractivity contribution in [1.82, 2.24) is 10.2 Å². The predicted molar refractivity (Wildman–Crippen MR) is 101 cm³/mol. The third-order valence-corrected chi connectivity index (χ3v) is 4.85. The number of carbonyl (C=O) groups is 2. The van der Waals surface area contributed by atoms with Gasteiger partial charge in [0.2, 0.25) is 11.8 Å². The average molecular weight is 370 g/mol. The number of nitrogens with one attached hydrogen (secondary N) is 1. The Morgan fingerprint density at radius 1 is 1.33 bits per heavy atom. The van der Waals surface area contributed by atoms with E-state index in [2.05, 4.69) is 5.32 Å². The first-order chi connectivity index (χ1) is 13.0. The standard InChI is InChI=1S/C21H26N2O4/c1-15-6-8-18(27-15)10-11-22-21(25)17-7-9-20(24)23(14-17)13-16-4-3-5-19(12-16)26-2/h3-6,8,12,17H,7,9-11,13-14H2,1-2H3,(H,22,25)/t17-/m1/s1. The zero-order valence-corrected chi connectivity index (χ0v) is 15.9. The van der Waals surface area contributed by atoms with Crippen molar-refractivity contribution in [1.29, 1.82) is 0 Å². The Morgan fingerprint density at radius 3 is 2.93 bits per heavy atom. The Balaban J connectivity index is 1.52. The SMILES string of the molecule is COc1cccc(CN2C[C@H](C(=O)NCCc3ccc(C)o3)CCC2=O)c1. The third kappa shape index (κ3) is 5.12. The highest BCUT2D eigenvalue weighted by Crippen LogP contribution is 2.21. The summed E-state index contributed by atoms with van der Waals surface area (Å²) in [5.74, 6) is 2.42. The molecule has 2 aromatic rings. The highest BCUT2D eigenvalue weighted by molar-refractivity contribution is 5.83. The summed E-state index contributed by atoms with van der Waals surface area (Å²) in [7, 11) is 1.62. The van der Waals surface area contributed by atoms with E-state index in [1.165, 1.54) is 0 Å². The molecule has 0 saturated carbocycles. The first-order valence-electron chi connectivity index (χ1n) is 9.29. The first kappa shape index (κ1) is 19.0. The van der Waals surface area contributed by atoms with Gasteiger partial charge in [0, 0.05) is 32.5 Å². The molecule has 144 valence electrons. The molecule has 6 nitrogen and oxygen atoms in total. The molecular weight excluding hydrogens is 344 g/mol. The van der Waals surface area contributed by atoms with Gasteiger partial charge in [0.25, 0.3) is 0 Å². The van der Waals surface area contributed by atoms with Crippen molar-refractivity contribution in [3.05, 3.63) is 53.5 Å². The maximum atomic E-state index is 12.5. The van der Waals surface area contributed by atoms with Crippen molar-refractivity contribution in [2.24, 2.45) is 5.92 Å². The number of amides is 2. The lowest BCUT2D eigenvalue weighted by atomic mass is 9.96. The summed E-state index contributed by atoms with van der Waals surface area (Å²) in [6.07, 6.45) is 1.66. The molecule has 1 aliphatic heterocycles. The Kier molecular flexibility index (Phi) is 6.16. The van der Waals surface area contributed by atoms with E-state index >= 15 is 0 Å². The topological polar surface area (TPSA) is 71.8 Å². The zero-order valence-electron chi connectivity index (χ0n) is 15.9. The molecular formula is C21H26N2O4. The van der Waals surface area contributed by atoms with E-state index in [1.807, 2.05) is 43.3 Å². The molecule has 3 rings (SSSR count). The number of piperidine rings is 1. The minimum absolute atomic E-state index is 0.00132. The van der Waals surface area contributed by atoms with Gasteiger partial charge in [-0.1, -0.05) is 12.1 Å². The van der Waals surface area contributed by atoms with Crippen molar-refractivity contribution >= 4 is 11.8 Å². The maximum absolute atomic E-state index is 12.5. The molecule has 0 unspecified atom stereocenters. The van der Waals surface area contributed by atoms with Gasteiger partial charge in [0.05, 0.1) is 13.0 Å². The van der Waals surface area contributed by atoms with Crippen LogP contribution in [0.25, 0.3) is 0 Å². The second-order valence-electron chi connectivity index (χ2n) is 6.91. The highest BCUT2D eigenvalue weighted by Gasteiger charge is 2.30. The van der Waals surface area contributed by atoms with Gasteiger partial charge in [0.15, 0.2) is 0 Å². The summed E-state index contributed by atoms with van der Waals surface area (Å²) >= 11 is 0. The van der Waals surface area contributed by atoms with Crippen LogP contribution in [0.3, 0.4) is 0 Å². The van der Waals surface area contributed by atoms with Gasteiger partial charge in [-0.25, -0.2) is 0 Å². The van der Waals surface area contributed by atoms with Crippen LogP contribution in [0.5, 0.6) is 5.75 Å². The van der Waals surface area contributed by atoms with Gasteiger partial charge < -0.3 is 19.4 Å². The van der Waals surface area contributed by atoms with Gasteiger partial charge in [-0.3, -0.25) is 9.59 Å². The Morgan fingerprint density at radius 2 is 2.19 bits per heavy atom. The minimum Gasteiger partial charge on any atom is -0.497 e. The number of carbonyl (C=O) groups excluding carboxylic acids is 2. The Hall–Kier alpha value is -2.76. The Labute approximate surface area is 159 Å². The summed E-state index contributed by atoms with van der Waals surface area (Å²) in [6.45, 7) is 3.37. The summed E-state index contributed by atoms with van der Waals surface area (Å²) in [5.41, 5.74) is 0.997. The number of nitrogens with zero attached hydrogens (tertiary/aromatic N) is 1. The normalized spacial score (nSPS) is 17.0. The fourth-order valence-electron chi connectivity index (χ4n) is 3.35. The van der Waals surface area contributed by atoms with Crippen LogP contribution >= 0.6 is 0 Å². The number of rotatable bonds is 7. The molecule has 1 aromatic heterocycles. The van der Waals surface area contributed by atoms with Crippen molar-refractivity contribution in [3.63, 3.8) is 0 Å². The summed E-state index contributed by atoms with van der Waals surface area (Å²) < 4.78 is 10.7. The number of methoxy groups -OCH3 is 1. The molecule has 1 fully saturated rings. The molecule has 0 aliphatic carbocycles. The molecule has 2 amide bonds. The van der Waals surface area contributed by atoms with Gasteiger partial charge >= 0.3 is 0 Å². The smallest absolute Gasteiger partial charge is 0.224 e. The number of likely N-dealkylation sites (tertiary alicyclic amines) is 1. The number of hydrogen-bond donors (Lipinski definition) is 1. The number of hydrogen-bond acceptors (Lipinski definition) is 4. The van der Waals surface area contributed by atoms with E-state index in [9.17, 15) is 9.59 Å². The van der Waals surface area contributed by atoms with E-state index in [4.69, 9.17) is 9.15 Å². The van der Waals surface area contributed by atoms with E-state index < -0.39 is 0 Å². The van der Waals surface area contributed by atoms with Crippen LogP contribution in [-0.2, 0) is 22.6 Å². The van der Waals surface area contributed by atoms with E-state index in [1.54, 1.807) is 12.0 Å². The predicted octanol–water partition coefficient (Wildman–Crippen LogP) is 2.69. The van der Waals surface area contributed by atoms with Crippen molar-refractivity contribution in [3.8, 4) is 5.75 Å². The maximum Gasteiger partial charge on any atom is 0.224 e. The molecule has 1 aromatic carbocycles. The molecule has 0 radical (unpaired) electrons. The minimum atomic E-state index is -0.174. The van der Waals surface area contributed by atoms with E-state index in [0.717, 1.165) is 22.8 Å². The molecule has 0 bridgehead atoms. The fraction of sp³-hybridized carbons (Fsp3) is 0.429. The van der Waals surface area contributed by atoms with E-state index in [0.29, 0.717) is 38.9 Å². The van der Waals surface area contributed by atoms with Crippen LogP contribution in [0.2, 0.25) is 0 Å². The van der Waals surface area contributed by atoms with Crippen LogP contribution in [-0.4, -0.2) is 36.9 Å². The number of benzene rings is 1. The Bertz CT molecular complexity index is 799. The lowest BCUT2D eigenvalue weighted by Crippen LogP contribution is -2.45. The van der Waals surface area contributed by atoms with Gasteiger partial charge in [-0.05, 0) is 43.2 Å². The quantitative estimate of drug-likeness (QED) is 0.813. The van der Waals surface area contributed by atoms with E-state index in [-0.39, 0.29) is 17.7 Å². The van der Waals surface area contributed by atoms with Crippen LogP contribution in [0.1, 0.15) is 29.9 Å². The van der Waals surface area contributed by atoms with Crippen LogP contribution in [0.15, 0.2) is 40.8 Å². The molecule has 1 N–H and O–H groups in total. The van der Waals surface area contributed by atoms with Crippen molar-refractivity contribution in [2.45, 2.75) is 32.7 Å². The summed E-state index contributed by atoms with van der Waals surface area (Å²) in [4.78, 5) is 26.5. The van der Waals surface area contributed by atoms with Crippen molar-refractivity contribution in [2.75, 3.05) is 20.2 Å². The molecule has 6 heteroatoms.